The van der Waals surface area contributed by atoms with Crippen LogP contribution in [0.2, 0.25) is 0 Å². The van der Waals surface area contributed by atoms with E-state index in [2.05, 4.69) is 24.3 Å². The van der Waals surface area contributed by atoms with Crippen LogP contribution in [-0.4, -0.2) is 22.4 Å². The van der Waals surface area contributed by atoms with E-state index in [4.69, 9.17) is 5.73 Å². The first kappa shape index (κ1) is 10.2. The van der Waals surface area contributed by atoms with E-state index in [0.717, 1.165) is 12.1 Å². The molecule has 3 N–H and O–H groups in total. The second-order valence-electron chi connectivity index (χ2n) is 3.62. The highest BCUT2D eigenvalue weighted by atomic mass is 15.2. The van der Waals surface area contributed by atoms with Gasteiger partial charge in [0.2, 0.25) is 0 Å². The summed E-state index contributed by atoms with van der Waals surface area (Å²) in [6, 6.07) is 0.513. The second-order valence-corrected chi connectivity index (χ2v) is 3.62. The summed E-state index contributed by atoms with van der Waals surface area (Å²) in [4.78, 5) is 0. The van der Waals surface area contributed by atoms with E-state index in [1.54, 1.807) is 4.68 Å². The molecule has 0 fully saturated rings. The lowest BCUT2D eigenvalue weighted by Gasteiger charge is -2.12. The summed E-state index contributed by atoms with van der Waals surface area (Å²) in [6.45, 7) is 5.01. The summed E-state index contributed by atoms with van der Waals surface area (Å²) in [5, 5.41) is 7.36. The third-order valence-corrected chi connectivity index (χ3v) is 1.90. The number of aromatic nitrogens is 2. The average molecular weight is 182 g/mol. The lowest BCUT2D eigenvalue weighted by atomic mass is 10.2. The lowest BCUT2D eigenvalue weighted by molar-refractivity contribution is 0.537. The van der Waals surface area contributed by atoms with Gasteiger partial charge in [-0.2, -0.15) is 5.10 Å². The van der Waals surface area contributed by atoms with E-state index < -0.39 is 0 Å². The van der Waals surface area contributed by atoms with Gasteiger partial charge >= 0.3 is 0 Å². The molecule has 0 bridgehead atoms. The molecule has 13 heavy (non-hydrogen) atoms. The maximum absolute atomic E-state index is 5.94. The van der Waals surface area contributed by atoms with Crippen molar-refractivity contribution in [1.29, 1.82) is 0 Å². The highest BCUT2D eigenvalue weighted by Crippen LogP contribution is 2.06. The molecule has 1 aromatic heterocycles. The molecule has 0 radical (unpaired) electrons. The number of nitrogens with two attached hydrogens (primary N) is 1. The van der Waals surface area contributed by atoms with E-state index in [0.29, 0.717) is 6.04 Å². The molecule has 1 rings (SSSR count). The molecular formula is C9H18N4. The van der Waals surface area contributed by atoms with Crippen molar-refractivity contribution in [3.05, 3.63) is 18.0 Å². The Morgan fingerprint density at radius 2 is 2.31 bits per heavy atom. The van der Waals surface area contributed by atoms with Crippen molar-refractivity contribution in [2.24, 2.45) is 12.8 Å². The highest BCUT2D eigenvalue weighted by Gasteiger charge is 2.07. The van der Waals surface area contributed by atoms with Crippen LogP contribution in [0.4, 0.5) is 0 Å². The zero-order valence-electron chi connectivity index (χ0n) is 8.49. The number of nitrogens with zero attached hydrogens (tertiary/aromatic N) is 2. The van der Waals surface area contributed by atoms with Gasteiger partial charge in [-0.1, -0.05) is 13.8 Å². The summed E-state index contributed by atoms with van der Waals surface area (Å²) in [6.07, 6.45) is 3.76. The van der Waals surface area contributed by atoms with Gasteiger partial charge in [-0.15, -0.1) is 0 Å². The Labute approximate surface area is 79.1 Å². The molecule has 0 aliphatic carbocycles. The molecular weight excluding hydrogens is 164 g/mol. The van der Waals surface area contributed by atoms with Crippen molar-refractivity contribution in [3.63, 3.8) is 0 Å². The summed E-state index contributed by atoms with van der Waals surface area (Å²) in [5.74, 6) is 0. The lowest BCUT2D eigenvalue weighted by Crippen LogP contribution is -2.31. The van der Waals surface area contributed by atoms with Crippen LogP contribution in [-0.2, 0) is 7.05 Å². The first-order chi connectivity index (χ1) is 6.09. The highest BCUT2D eigenvalue weighted by molar-refractivity contribution is 5.09. The van der Waals surface area contributed by atoms with Crippen LogP contribution in [0, 0.1) is 0 Å². The summed E-state index contributed by atoms with van der Waals surface area (Å²) in [7, 11) is 1.89. The first-order valence-electron chi connectivity index (χ1n) is 4.57. The van der Waals surface area contributed by atoms with Crippen molar-refractivity contribution < 1.29 is 0 Å². The van der Waals surface area contributed by atoms with Gasteiger partial charge in [-0.25, -0.2) is 0 Å². The van der Waals surface area contributed by atoms with Crippen LogP contribution in [0.5, 0.6) is 0 Å². The molecule has 0 aliphatic heterocycles. The van der Waals surface area contributed by atoms with Gasteiger partial charge in [0.25, 0.3) is 0 Å². The van der Waals surface area contributed by atoms with Gasteiger partial charge in [0.1, 0.15) is 0 Å². The molecule has 1 atom stereocenters. The zero-order chi connectivity index (χ0) is 9.84. The standard InChI is InChI=1S/C9H18N4/c1-7(2)11-5-9(10)8-4-12-13(3)6-8/h4,6-7,9,11H,5,10H2,1-3H3. The van der Waals surface area contributed by atoms with Crippen LogP contribution >= 0.6 is 0 Å². The number of rotatable bonds is 4. The summed E-state index contributed by atoms with van der Waals surface area (Å²) < 4.78 is 1.77. The van der Waals surface area contributed by atoms with Crippen LogP contribution in [0.25, 0.3) is 0 Å². The Hall–Kier alpha value is -0.870. The Morgan fingerprint density at radius 1 is 1.62 bits per heavy atom. The topological polar surface area (TPSA) is 55.9 Å². The van der Waals surface area contributed by atoms with Gasteiger partial charge in [0, 0.05) is 37.4 Å². The third kappa shape index (κ3) is 3.16. The Balaban J connectivity index is 2.44. The maximum atomic E-state index is 5.94. The molecule has 4 heteroatoms. The van der Waals surface area contributed by atoms with Gasteiger partial charge in [0.15, 0.2) is 0 Å². The molecule has 1 heterocycles. The number of hydrogen-bond donors (Lipinski definition) is 2. The summed E-state index contributed by atoms with van der Waals surface area (Å²) >= 11 is 0. The quantitative estimate of drug-likeness (QED) is 0.709. The molecule has 1 unspecified atom stereocenters. The van der Waals surface area contributed by atoms with Crippen molar-refractivity contribution >= 4 is 0 Å². The third-order valence-electron chi connectivity index (χ3n) is 1.90. The molecule has 0 amide bonds. The van der Waals surface area contributed by atoms with Gasteiger partial charge in [-0.3, -0.25) is 4.68 Å². The fraction of sp³-hybridized carbons (Fsp3) is 0.667. The fourth-order valence-electron chi connectivity index (χ4n) is 1.11. The molecule has 0 aromatic carbocycles. The van der Waals surface area contributed by atoms with Crippen molar-refractivity contribution in [2.45, 2.75) is 25.9 Å². The van der Waals surface area contributed by atoms with Crippen LogP contribution < -0.4 is 11.1 Å². The molecule has 0 saturated carbocycles. The minimum atomic E-state index is 0.0381. The number of hydrogen-bond acceptors (Lipinski definition) is 3. The molecule has 4 nitrogen and oxygen atoms in total. The van der Waals surface area contributed by atoms with E-state index in [1.807, 2.05) is 19.4 Å². The number of nitrogens with one attached hydrogen (secondary N) is 1. The normalized spacial score (nSPS) is 13.6. The predicted octanol–water partition coefficient (Wildman–Crippen LogP) is 0.418. The summed E-state index contributed by atoms with van der Waals surface area (Å²) in [5.41, 5.74) is 7.02. The minimum Gasteiger partial charge on any atom is -0.323 e. The van der Waals surface area contributed by atoms with Gasteiger partial charge < -0.3 is 11.1 Å². The Morgan fingerprint density at radius 3 is 2.77 bits per heavy atom. The van der Waals surface area contributed by atoms with Crippen LogP contribution in [0.1, 0.15) is 25.5 Å². The predicted molar refractivity (Wildman–Crippen MR) is 53.3 cm³/mol. The van der Waals surface area contributed by atoms with E-state index in [9.17, 15) is 0 Å². The van der Waals surface area contributed by atoms with Crippen molar-refractivity contribution in [2.75, 3.05) is 6.54 Å². The van der Waals surface area contributed by atoms with E-state index in [-0.39, 0.29) is 6.04 Å². The SMILES string of the molecule is CC(C)NCC(N)c1cnn(C)c1. The Kier molecular flexibility index (Phi) is 3.45. The van der Waals surface area contributed by atoms with Crippen LogP contribution in [0.3, 0.4) is 0 Å². The van der Waals surface area contributed by atoms with E-state index >= 15 is 0 Å². The second kappa shape index (κ2) is 4.39. The monoisotopic (exact) mass is 182 g/mol. The molecule has 0 aliphatic rings. The largest absolute Gasteiger partial charge is 0.323 e. The van der Waals surface area contributed by atoms with Gasteiger partial charge in [-0.05, 0) is 0 Å². The van der Waals surface area contributed by atoms with E-state index in [1.165, 1.54) is 0 Å². The van der Waals surface area contributed by atoms with Crippen molar-refractivity contribution in [1.82, 2.24) is 15.1 Å². The molecule has 1 aromatic rings. The van der Waals surface area contributed by atoms with Crippen molar-refractivity contribution in [3.8, 4) is 0 Å². The molecule has 0 spiro atoms. The molecule has 74 valence electrons. The Bertz CT molecular complexity index is 254. The van der Waals surface area contributed by atoms with Gasteiger partial charge in [0.05, 0.1) is 6.20 Å². The molecule has 0 saturated heterocycles. The first-order valence-corrected chi connectivity index (χ1v) is 4.57. The number of aryl methyl sites for hydroxylation is 1. The maximum Gasteiger partial charge on any atom is 0.0537 e. The van der Waals surface area contributed by atoms with Crippen LogP contribution in [0.15, 0.2) is 12.4 Å². The fourth-order valence-corrected chi connectivity index (χ4v) is 1.11. The smallest absolute Gasteiger partial charge is 0.0537 e. The minimum absolute atomic E-state index is 0.0381. The zero-order valence-corrected chi connectivity index (χ0v) is 8.49. The average Bonchev–Trinajstić information content (AvgIpc) is 2.47.